The Morgan fingerprint density at radius 3 is 2.09 bits per heavy atom. The average molecular weight is 169 g/mol. The molecule has 11 heavy (non-hydrogen) atoms. The van der Waals surface area contributed by atoms with Gasteiger partial charge in [0, 0.05) is 6.92 Å². The summed E-state index contributed by atoms with van der Waals surface area (Å²) >= 11 is 0. The van der Waals surface area contributed by atoms with Crippen LogP contribution < -0.4 is 5.32 Å². The van der Waals surface area contributed by atoms with E-state index < -0.39 is 18.1 Å². The predicted molar refractivity (Wildman–Crippen MR) is 34.0 cm³/mol. The number of rotatable bonds is 2. The van der Waals surface area contributed by atoms with Crippen LogP contribution in [0.25, 0.3) is 0 Å². The molecule has 1 amide bonds. The Bertz CT molecular complexity index is 143. The molecule has 0 aliphatic heterocycles. The van der Waals surface area contributed by atoms with Crippen LogP contribution in [0.5, 0.6) is 0 Å². The van der Waals surface area contributed by atoms with Crippen LogP contribution in [-0.2, 0) is 4.79 Å². The summed E-state index contributed by atoms with van der Waals surface area (Å²) in [4.78, 5) is 10.2. The van der Waals surface area contributed by atoms with Crippen LogP contribution in [0.1, 0.15) is 20.3 Å². The molecule has 0 rings (SSSR count). The van der Waals surface area contributed by atoms with Gasteiger partial charge in [0.25, 0.3) is 0 Å². The van der Waals surface area contributed by atoms with Crippen molar-refractivity contribution in [2.24, 2.45) is 0 Å². The lowest BCUT2D eigenvalue weighted by atomic mass is 10.2. The summed E-state index contributed by atoms with van der Waals surface area (Å²) in [5.41, 5.74) is 0. The number of nitrogens with one attached hydrogen (secondary N) is 1. The van der Waals surface area contributed by atoms with E-state index in [0.717, 1.165) is 6.92 Å². The Kier molecular flexibility index (Phi) is 3.35. The standard InChI is InChI=1S/C6H10F3NO/c1-3-5(6(7,8)9)10-4(2)11/h5H,3H2,1-2H3,(H,10,11)/t5-/m0/s1. The third-order valence-corrected chi connectivity index (χ3v) is 1.18. The molecule has 2 nitrogen and oxygen atoms in total. The second-order valence-corrected chi connectivity index (χ2v) is 2.20. The van der Waals surface area contributed by atoms with Crippen LogP contribution in [0.2, 0.25) is 0 Å². The van der Waals surface area contributed by atoms with Crippen molar-refractivity contribution in [2.45, 2.75) is 32.5 Å². The van der Waals surface area contributed by atoms with E-state index in [-0.39, 0.29) is 6.42 Å². The SMILES string of the molecule is CC[C@H](NC(C)=O)C(F)(F)F. The monoisotopic (exact) mass is 169 g/mol. The summed E-state index contributed by atoms with van der Waals surface area (Å²) in [5, 5.41) is 1.81. The zero-order valence-electron chi connectivity index (χ0n) is 6.33. The maximum absolute atomic E-state index is 11.9. The molecule has 0 radical (unpaired) electrons. The molecule has 0 saturated heterocycles. The highest BCUT2D eigenvalue weighted by molar-refractivity contribution is 5.73. The van der Waals surface area contributed by atoms with Crippen molar-refractivity contribution in [1.29, 1.82) is 0 Å². The predicted octanol–water partition coefficient (Wildman–Crippen LogP) is 1.46. The molecule has 1 N–H and O–H groups in total. The summed E-state index contributed by atoms with van der Waals surface area (Å²) in [7, 11) is 0. The smallest absolute Gasteiger partial charge is 0.345 e. The Morgan fingerprint density at radius 2 is 2.00 bits per heavy atom. The van der Waals surface area contributed by atoms with Crippen molar-refractivity contribution in [3.8, 4) is 0 Å². The van der Waals surface area contributed by atoms with E-state index in [1.807, 2.05) is 0 Å². The van der Waals surface area contributed by atoms with Gasteiger partial charge < -0.3 is 5.32 Å². The van der Waals surface area contributed by atoms with Gasteiger partial charge in [-0.15, -0.1) is 0 Å². The summed E-state index contributed by atoms with van der Waals surface area (Å²) < 4.78 is 35.6. The van der Waals surface area contributed by atoms with Crippen LogP contribution in [0.4, 0.5) is 13.2 Å². The molecule has 0 aromatic rings. The fourth-order valence-corrected chi connectivity index (χ4v) is 0.661. The van der Waals surface area contributed by atoms with Gasteiger partial charge in [-0.05, 0) is 6.42 Å². The molecule has 0 spiro atoms. The third-order valence-electron chi connectivity index (χ3n) is 1.18. The zero-order valence-corrected chi connectivity index (χ0v) is 6.33. The molecular formula is C6H10F3NO. The van der Waals surface area contributed by atoms with Crippen molar-refractivity contribution in [3.63, 3.8) is 0 Å². The molecule has 0 fully saturated rings. The van der Waals surface area contributed by atoms with Gasteiger partial charge in [-0.3, -0.25) is 4.79 Å². The number of halogens is 3. The first-order chi connectivity index (χ1) is 4.88. The summed E-state index contributed by atoms with van der Waals surface area (Å²) in [5.74, 6) is -0.658. The second kappa shape index (κ2) is 3.59. The van der Waals surface area contributed by atoms with Gasteiger partial charge in [0.1, 0.15) is 6.04 Å². The Balaban J connectivity index is 4.07. The van der Waals surface area contributed by atoms with Gasteiger partial charge in [0.2, 0.25) is 5.91 Å². The van der Waals surface area contributed by atoms with Crippen LogP contribution >= 0.6 is 0 Å². The minimum atomic E-state index is -4.33. The molecule has 1 atom stereocenters. The molecular weight excluding hydrogens is 159 g/mol. The van der Waals surface area contributed by atoms with Gasteiger partial charge in [0.15, 0.2) is 0 Å². The quantitative estimate of drug-likeness (QED) is 0.666. The molecule has 5 heteroatoms. The molecule has 0 aromatic heterocycles. The lowest BCUT2D eigenvalue weighted by Gasteiger charge is -2.18. The fourth-order valence-electron chi connectivity index (χ4n) is 0.661. The number of carbonyl (C=O) groups is 1. The lowest BCUT2D eigenvalue weighted by molar-refractivity contribution is -0.161. The summed E-state index contributed by atoms with van der Waals surface area (Å²) in [6, 6.07) is -1.71. The summed E-state index contributed by atoms with van der Waals surface area (Å²) in [6.07, 6.45) is -4.47. The van der Waals surface area contributed by atoms with Crippen molar-refractivity contribution < 1.29 is 18.0 Å². The normalized spacial score (nSPS) is 14.3. The van der Waals surface area contributed by atoms with Gasteiger partial charge in [-0.25, -0.2) is 0 Å². The van der Waals surface area contributed by atoms with Crippen molar-refractivity contribution in [2.75, 3.05) is 0 Å². The highest BCUT2D eigenvalue weighted by Gasteiger charge is 2.38. The van der Waals surface area contributed by atoms with Gasteiger partial charge in [-0.1, -0.05) is 6.92 Å². The Hall–Kier alpha value is -0.740. The number of carbonyl (C=O) groups excluding carboxylic acids is 1. The van der Waals surface area contributed by atoms with Gasteiger partial charge in [0.05, 0.1) is 0 Å². The maximum atomic E-state index is 11.9. The van der Waals surface area contributed by atoms with Gasteiger partial charge in [-0.2, -0.15) is 13.2 Å². The van der Waals surface area contributed by atoms with Crippen LogP contribution in [0, 0.1) is 0 Å². The summed E-state index contributed by atoms with van der Waals surface area (Å²) in [6.45, 7) is 2.43. The minimum Gasteiger partial charge on any atom is -0.345 e. The van der Waals surface area contributed by atoms with E-state index in [4.69, 9.17) is 0 Å². The Morgan fingerprint density at radius 1 is 1.55 bits per heavy atom. The van der Waals surface area contributed by atoms with E-state index in [2.05, 4.69) is 0 Å². The average Bonchev–Trinajstić information content (AvgIpc) is 1.79. The van der Waals surface area contributed by atoms with Crippen molar-refractivity contribution >= 4 is 5.91 Å². The molecule has 0 unspecified atom stereocenters. The van der Waals surface area contributed by atoms with E-state index in [9.17, 15) is 18.0 Å². The van der Waals surface area contributed by atoms with E-state index in [0.29, 0.717) is 0 Å². The van der Waals surface area contributed by atoms with E-state index in [1.54, 1.807) is 5.32 Å². The maximum Gasteiger partial charge on any atom is 0.408 e. The van der Waals surface area contributed by atoms with Crippen molar-refractivity contribution in [3.05, 3.63) is 0 Å². The Labute approximate surface area is 62.8 Å². The van der Waals surface area contributed by atoms with E-state index in [1.165, 1.54) is 6.92 Å². The second-order valence-electron chi connectivity index (χ2n) is 2.20. The molecule has 0 bridgehead atoms. The highest BCUT2D eigenvalue weighted by atomic mass is 19.4. The van der Waals surface area contributed by atoms with Crippen LogP contribution in [0.15, 0.2) is 0 Å². The molecule has 0 saturated carbocycles. The zero-order chi connectivity index (χ0) is 9.07. The first kappa shape index (κ1) is 10.3. The third kappa shape index (κ3) is 3.85. The lowest BCUT2D eigenvalue weighted by Crippen LogP contribution is -2.43. The number of hydrogen-bond donors (Lipinski definition) is 1. The van der Waals surface area contributed by atoms with Crippen molar-refractivity contribution in [1.82, 2.24) is 5.32 Å². The van der Waals surface area contributed by atoms with Crippen LogP contribution in [0.3, 0.4) is 0 Å². The topological polar surface area (TPSA) is 29.1 Å². The highest BCUT2D eigenvalue weighted by Crippen LogP contribution is 2.21. The molecule has 66 valence electrons. The molecule has 0 aromatic carbocycles. The van der Waals surface area contributed by atoms with Gasteiger partial charge >= 0.3 is 6.18 Å². The molecule has 0 aliphatic carbocycles. The van der Waals surface area contributed by atoms with Crippen LogP contribution in [-0.4, -0.2) is 18.1 Å². The molecule has 0 aliphatic rings. The number of alkyl halides is 3. The number of hydrogen-bond acceptors (Lipinski definition) is 1. The number of amides is 1. The molecule has 0 heterocycles. The van der Waals surface area contributed by atoms with E-state index >= 15 is 0 Å². The first-order valence-electron chi connectivity index (χ1n) is 3.21. The first-order valence-corrected chi connectivity index (χ1v) is 3.21. The largest absolute Gasteiger partial charge is 0.408 e. The minimum absolute atomic E-state index is 0.136. The fraction of sp³-hybridized carbons (Fsp3) is 0.833.